The fourth-order valence-electron chi connectivity index (χ4n) is 4.04. The number of ether oxygens (including phenoxy) is 2. The number of nitrogens with one attached hydrogen (secondary N) is 1. The Morgan fingerprint density at radius 2 is 1.97 bits per heavy atom. The predicted octanol–water partition coefficient (Wildman–Crippen LogP) is 3.13. The van der Waals surface area contributed by atoms with Gasteiger partial charge in [0.05, 0.1) is 19.8 Å². The fraction of sp³-hybridized carbons (Fsp3) is 0.583. The van der Waals surface area contributed by atoms with E-state index >= 15 is 0 Å². The molecule has 1 atom stereocenters. The van der Waals surface area contributed by atoms with Gasteiger partial charge in [-0.05, 0) is 37.5 Å². The topological polar surface area (TPSA) is 62.8 Å². The molecule has 0 bridgehead atoms. The van der Waals surface area contributed by atoms with Gasteiger partial charge in [0.1, 0.15) is 12.1 Å². The third-order valence-electron chi connectivity index (χ3n) is 5.74. The van der Waals surface area contributed by atoms with Gasteiger partial charge in [0.25, 0.3) is 0 Å². The first-order valence-electron chi connectivity index (χ1n) is 11.3. The van der Waals surface area contributed by atoms with Crippen LogP contribution in [0.15, 0.2) is 30.7 Å². The highest BCUT2D eigenvalue weighted by molar-refractivity contribution is 5.52. The second kappa shape index (κ2) is 12.0. The van der Waals surface area contributed by atoms with E-state index in [4.69, 9.17) is 9.47 Å². The van der Waals surface area contributed by atoms with Gasteiger partial charge in [0, 0.05) is 63.3 Å². The molecular formula is C24H37N5O2. The van der Waals surface area contributed by atoms with Gasteiger partial charge in [-0.25, -0.2) is 9.97 Å². The Hall–Kier alpha value is -2.22. The van der Waals surface area contributed by atoms with Gasteiger partial charge < -0.3 is 19.7 Å². The van der Waals surface area contributed by atoms with Crippen LogP contribution >= 0.6 is 0 Å². The molecular weight excluding hydrogens is 390 g/mol. The van der Waals surface area contributed by atoms with Crippen molar-refractivity contribution < 1.29 is 9.47 Å². The summed E-state index contributed by atoms with van der Waals surface area (Å²) >= 11 is 0. The zero-order chi connectivity index (χ0) is 22.1. The smallest absolute Gasteiger partial charge is 0.135 e. The first-order valence-corrected chi connectivity index (χ1v) is 11.3. The molecule has 31 heavy (non-hydrogen) atoms. The van der Waals surface area contributed by atoms with E-state index in [1.54, 1.807) is 13.4 Å². The molecule has 0 saturated carbocycles. The summed E-state index contributed by atoms with van der Waals surface area (Å²) in [5, 5.41) is 3.69. The van der Waals surface area contributed by atoms with Crippen LogP contribution in [0.3, 0.4) is 0 Å². The van der Waals surface area contributed by atoms with Crippen LogP contribution in [0.1, 0.15) is 30.5 Å². The van der Waals surface area contributed by atoms with E-state index in [-0.39, 0.29) is 0 Å². The molecule has 3 rings (SSSR count). The summed E-state index contributed by atoms with van der Waals surface area (Å²) < 4.78 is 10.6. The lowest BCUT2D eigenvalue weighted by atomic mass is 10.1. The highest BCUT2D eigenvalue weighted by atomic mass is 16.5. The van der Waals surface area contributed by atoms with Crippen molar-refractivity contribution in [3.63, 3.8) is 0 Å². The molecule has 1 fully saturated rings. The van der Waals surface area contributed by atoms with Crippen molar-refractivity contribution in [2.75, 3.05) is 63.3 Å². The molecule has 1 unspecified atom stereocenters. The Balaban J connectivity index is 1.45. The molecule has 7 heteroatoms. The van der Waals surface area contributed by atoms with Gasteiger partial charge in [-0.15, -0.1) is 0 Å². The van der Waals surface area contributed by atoms with E-state index in [2.05, 4.69) is 64.1 Å². The van der Waals surface area contributed by atoms with Crippen LogP contribution in [0.4, 0.5) is 11.5 Å². The number of benzene rings is 1. The fourth-order valence-corrected chi connectivity index (χ4v) is 4.04. The molecule has 7 nitrogen and oxygen atoms in total. The average molecular weight is 428 g/mol. The van der Waals surface area contributed by atoms with Crippen LogP contribution < -0.4 is 10.2 Å². The molecule has 2 heterocycles. The van der Waals surface area contributed by atoms with Gasteiger partial charge in [-0.3, -0.25) is 4.90 Å². The van der Waals surface area contributed by atoms with Crippen LogP contribution in [0.5, 0.6) is 0 Å². The standard InChI is InChI=1S/C24H37N5O2/c1-5-22-15-25-18-26-24(22)29-10-8-28(9-11-29)16-20(3)27-23-7-6-21(14-19(23)2)17-31-13-12-30-4/h6-7,14-15,18,20,27H,5,8-13,16-17H2,1-4H3. The number of hydrogen-bond acceptors (Lipinski definition) is 7. The highest BCUT2D eigenvalue weighted by Crippen LogP contribution is 2.20. The maximum Gasteiger partial charge on any atom is 0.135 e. The maximum absolute atomic E-state index is 5.63. The second-order valence-electron chi connectivity index (χ2n) is 8.25. The second-order valence-corrected chi connectivity index (χ2v) is 8.25. The number of aryl methyl sites for hydroxylation is 2. The number of methoxy groups -OCH3 is 1. The largest absolute Gasteiger partial charge is 0.382 e. The Bertz CT molecular complexity index is 808. The van der Waals surface area contributed by atoms with Crippen LogP contribution in [0, 0.1) is 6.92 Å². The Morgan fingerprint density at radius 1 is 1.16 bits per heavy atom. The first kappa shape index (κ1) is 23.4. The molecule has 0 aliphatic carbocycles. The number of hydrogen-bond donors (Lipinski definition) is 1. The molecule has 1 N–H and O–H groups in total. The molecule has 0 radical (unpaired) electrons. The number of nitrogens with zero attached hydrogens (tertiary/aromatic N) is 4. The number of anilines is 2. The van der Waals surface area contributed by atoms with E-state index < -0.39 is 0 Å². The average Bonchev–Trinajstić information content (AvgIpc) is 2.79. The molecule has 0 amide bonds. The van der Waals surface area contributed by atoms with Crippen molar-refractivity contribution in [1.82, 2.24) is 14.9 Å². The van der Waals surface area contributed by atoms with Gasteiger partial charge in [-0.2, -0.15) is 0 Å². The SMILES string of the molecule is CCc1cncnc1N1CCN(CC(C)Nc2ccc(COCCOC)cc2C)CC1. The highest BCUT2D eigenvalue weighted by Gasteiger charge is 2.21. The zero-order valence-corrected chi connectivity index (χ0v) is 19.4. The number of rotatable bonds is 11. The first-order chi connectivity index (χ1) is 15.1. The monoisotopic (exact) mass is 427 g/mol. The molecule has 0 spiro atoms. The van der Waals surface area contributed by atoms with E-state index in [0.717, 1.165) is 45.0 Å². The predicted molar refractivity (Wildman–Crippen MR) is 126 cm³/mol. The van der Waals surface area contributed by atoms with E-state index in [9.17, 15) is 0 Å². The summed E-state index contributed by atoms with van der Waals surface area (Å²) in [6.45, 7) is 13.6. The molecule has 1 aromatic heterocycles. The number of piperazine rings is 1. The summed E-state index contributed by atoms with van der Waals surface area (Å²) in [5.41, 5.74) is 4.87. The van der Waals surface area contributed by atoms with Gasteiger partial charge in [0.2, 0.25) is 0 Å². The molecule has 1 saturated heterocycles. The van der Waals surface area contributed by atoms with Crippen LogP contribution in [-0.4, -0.2) is 74.0 Å². The summed E-state index contributed by atoms with van der Waals surface area (Å²) in [4.78, 5) is 13.6. The Kier molecular flexibility index (Phi) is 9.06. The van der Waals surface area contributed by atoms with Crippen molar-refractivity contribution in [2.24, 2.45) is 0 Å². The van der Waals surface area contributed by atoms with Crippen molar-refractivity contribution >= 4 is 11.5 Å². The number of aromatic nitrogens is 2. The van der Waals surface area contributed by atoms with Crippen LogP contribution in [0.25, 0.3) is 0 Å². The van der Waals surface area contributed by atoms with Crippen molar-refractivity contribution in [1.29, 1.82) is 0 Å². The Labute approximate surface area is 186 Å². The lowest BCUT2D eigenvalue weighted by Crippen LogP contribution is -2.49. The van der Waals surface area contributed by atoms with Gasteiger partial charge in [-0.1, -0.05) is 19.1 Å². The lowest BCUT2D eigenvalue weighted by molar-refractivity contribution is 0.0616. The van der Waals surface area contributed by atoms with E-state index in [1.807, 2.05) is 6.20 Å². The summed E-state index contributed by atoms with van der Waals surface area (Å²) in [6, 6.07) is 6.88. The van der Waals surface area contributed by atoms with Crippen molar-refractivity contribution in [2.45, 2.75) is 39.8 Å². The molecule has 170 valence electrons. The Morgan fingerprint density at radius 3 is 2.68 bits per heavy atom. The quantitative estimate of drug-likeness (QED) is 0.553. The normalized spacial score (nSPS) is 15.8. The summed E-state index contributed by atoms with van der Waals surface area (Å²) in [5.74, 6) is 1.10. The zero-order valence-electron chi connectivity index (χ0n) is 19.4. The van der Waals surface area contributed by atoms with Crippen molar-refractivity contribution in [3.8, 4) is 0 Å². The maximum atomic E-state index is 5.63. The van der Waals surface area contributed by atoms with E-state index in [1.165, 1.54) is 22.4 Å². The minimum Gasteiger partial charge on any atom is -0.382 e. The molecule has 1 aromatic carbocycles. The summed E-state index contributed by atoms with van der Waals surface area (Å²) in [7, 11) is 1.69. The minimum absolute atomic E-state index is 0.374. The third kappa shape index (κ3) is 6.89. The van der Waals surface area contributed by atoms with E-state index in [0.29, 0.717) is 25.9 Å². The van der Waals surface area contributed by atoms with Crippen LogP contribution in [0.2, 0.25) is 0 Å². The summed E-state index contributed by atoms with van der Waals surface area (Å²) in [6.07, 6.45) is 4.57. The van der Waals surface area contributed by atoms with Gasteiger partial charge >= 0.3 is 0 Å². The molecule has 1 aliphatic rings. The third-order valence-corrected chi connectivity index (χ3v) is 5.74. The van der Waals surface area contributed by atoms with Crippen LogP contribution in [-0.2, 0) is 22.5 Å². The van der Waals surface area contributed by atoms with Gasteiger partial charge in [0.15, 0.2) is 0 Å². The minimum atomic E-state index is 0.374. The molecule has 2 aromatic rings. The van der Waals surface area contributed by atoms with Crippen molar-refractivity contribution in [3.05, 3.63) is 47.4 Å². The molecule has 1 aliphatic heterocycles. The lowest BCUT2D eigenvalue weighted by Gasteiger charge is -2.37.